The predicted octanol–water partition coefficient (Wildman–Crippen LogP) is 1.43. The molecule has 0 aliphatic carbocycles. The zero-order valence-electron chi connectivity index (χ0n) is 9.56. The molecule has 0 saturated heterocycles. The molecule has 0 unspecified atom stereocenters. The van der Waals surface area contributed by atoms with Crippen LogP contribution in [0, 0.1) is 0 Å². The smallest absolute Gasteiger partial charge is 0.307 e. The van der Waals surface area contributed by atoms with Crippen LogP contribution in [0.15, 0.2) is 24.3 Å². The molecule has 0 amide bonds. The first-order valence-corrected chi connectivity index (χ1v) is 5.09. The monoisotopic (exact) mass is 223 g/mol. The van der Waals surface area contributed by atoms with Gasteiger partial charge in [0.1, 0.15) is 12.4 Å². The van der Waals surface area contributed by atoms with Crippen LogP contribution >= 0.6 is 0 Å². The van der Waals surface area contributed by atoms with Crippen molar-refractivity contribution in [3.05, 3.63) is 29.8 Å². The van der Waals surface area contributed by atoms with E-state index in [1.54, 1.807) is 24.3 Å². The quantitative estimate of drug-likeness (QED) is 0.792. The number of benzene rings is 1. The van der Waals surface area contributed by atoms with E-state index in [4.69, 9.17) is 15.6 Å². The minimum Gasteiger partial charge on any atom is -0.492 e. The summed E-state index contributed by atoms with van der Waals surface area (Å²) in [5, 5.41) is 8.60. The van der Waals surface area contributed by atoms with Crippen LogP contribution in [0.2, 0.25) is 0 Å². The van der Waals surface area contributed by atoms with E-state index in [-0.39, 0.29) is 12.0 Å². The lowest BCUT2D eigenvalue weighted by atomic mass is 10.1. The Hall–Kier alpha value is -1.55. The van der Waals surface area contributed by atoms with E-state index >= 15 is 0 Å². The summed E-state index contributed by atoms with van der Waals surface area (Å²) in [7, 11) is 0. The molecule has 4 heteroatoms. The second-order valence-electron chi connectivity index (χ2n) is 4.49. The Balaban J connectivity index is 2.55. The number of rotatable bonds is 5. The summed E-state index contributed by atoms with van der Waals surface area (Å²) in [6.07, 6.45) is 0.0304. The topological polar surface area (TPSA) is 72.5 Å². The maximum atomic E-state index is 10.5. The number of carboxylic acids is 1. The van der Waals surface area contributed by atoms with Crippen LogP contribution in [0.3, 0.4) is 0 Å². The number of hydrogen-bond donors (Lipinski definition) is 2. The summed E-state index contributed by atoms with van der Waals surface area (Å²) in [5.74, 6) is -0.135. The van der Waals surface area contributed by atoms with E-state index < -0.39 is 5.97 Å². The molecule has 0 heterocycles. The van der Waals surface area contributed by atoms with Crippen LogP contribution in [-0.2, 0) is 11.2 Å². The van der Waals surface area contributed by atoms with Crippen LogP contribution < -0.4 is 10.5 Å². The average Bonchev–Trinajstić information content (AvgIpc) is 2.14. The molecule has 0 aliphatic rings. The zero-order valence-corrected chi connectivity index (χ0v) is 9.56. The van der Waals surface area contributed by atoms with E-state index in [1.807, 2.05) is 13.8 Å². The molecular formula is C12H17NO3. The van der Waals surface area contributed by atoms with E-state index in [0.717, 1.165) is 5.56 Å². The summed E-state index contributed by atoms with van der Waals surface area (Å²) < 4.78 is 5.46. The van der Waals surface area contributed by atoms with Crippen LogP contribution in [-0.4, -0.2) is 23.2 Å². The zero-order chi connectivity index (χ0) is 12.2. The van der Waals surface area contributed by atoms with Crippen LogP contribution in [0.4, 0.5) is 0 Å². The second-order valence-corrected chi connectivity index (χ2v) is 4.49. The molecule has 0 fully saturated rings. The predicted molar refractivity (Wildman–Crippen MR) is 61.5 cm³/mol. The van der Waals surface area contributed by atoms with E-state index in [1.165, 1.54) is 0 Å². The van der Waals surface area contributed by atoms with Gasteiger partial charge in [-0.2, -0.15) is 0 Å². The van der Waals surface area contributed by atoms with Gasteiger partial charge in [-0.25, -0.2) is 0 Å². The summed E-state index contributed by atoms with van der Waals surface area (Å²) in [4.78, 5) is 10.5. The van der Waals surface area contributed by atoms with Gasteiger partial charge in [0.2, 0.25) is 0 Å². The Bertz CT molecular complexity index is 352. The van der Waals surface area contributed by atoms with E-state index in [9.17, 15) is 4.79 Å². The lowest BCUT2D eigenvalue weighted by Crippen LogP contribution is -2.38. The fourth-order valence-electron chi connectivity index (χ4n) is 1.15. The maximum Gasteiger partial charge on any atom is 0.307 e. The fourth-order valence-corrected chi connectivity index (χ4v) is 1.15. The van der Waals surface area contributed by atoms with Crippen LogP contribution in [0.5, 0.6) is 5.75 Å². The molecule has 4 nitrogen and oxygen atoms in total. The molecule has 3 N–H and O–H groups in total. The molecule has 0 bridgehead atoms. The highest BCUT2D eigenvalue weighted by atomic mass is 16.5. The van der Waals surface area contributed by atoms with Crippen LogP contribution in [0.25, 0.3) is 0 Å². The summed E-state index contributed by atoms with van der Waals surface area (Å²) in [6.45, 7) is 4.18. The Kier molecular flexibility index (Phi) is 3.90. The first-order chi connectivity index (χ1) is 7.37. The number of aliphatic carboxylic acids is 1. The molecule has 0 radical (unpaired) electrons. The number of carboxylic acid groups (broad SMARTS) is 1. The van der Waals surface area contributed by atoms with Crippen LogP contribution in [0.1, 0.15) is 19.4 Å². The van der Waals surface area contributed by atoms with Gasteiger partial charge < -0.3 is 15.6 Å². The van der Waals surface area contributed by atoms with Crippen molar-refractivity contribution in [1.29, 1.82) is 0 Å². The van der Waals surface area contributed by atoms with E-state index in [0.29, 0.717) is 12.4 Å². The molecule has 0 aliphatic heterocycles. The third kappa shape index (κ3) is 4.79. The molecule has 16 heavy (non-hydrogen) atoms. The van der Waals surface area contributed by atoms with Gasteiger partial charge in [0.25, 0.3) is 0 Å². The fraction of sp³-hybridized carbons (Fsp3) is 0.417. The van der Waals surface area contributed by atoms with Gasteiger partial charge in [0.05, 0.1) is 6.42 Å². The van der Waals surface area contributed by atoms with Crippen molar-refractivity contribution in [3.63, 3.8) is 0 Å². The molecule has 0 spiro atoms. The second kappa shape index (κ2) is 4.99. The number of ether oxygens (including phenoxy) is 1. The Morgan fingerprint density at radius 1 is 1.38 bits per heavy atom. The van der Waals surface area contributed by atoms with Gasteiger partial charge in [0, 0.05) is 5.54 Å². The molecular weight excluding hydrogens is 206 g/mol. The van der Waals surface area contributed by atoms with Crippen molar-refractivity contribution >= 4 is 5.97 Å². The maximum absolute atomic E-state index is 10.5. The largest absolute Gasteiger partial charge is 0.492 e. The highest BCUT2D eigenvalue weighted by Gasteiger charge is 2.11. The van der Waals surface area contributed by atoms with Crippen molar-refractivity contribution in [2.45, 2.75) is 25.8 Å². The first kappa shape index (κ1) is 12.5. The summed E-state index contributed by atoms with van der Waals surface area (Å²) in [6, 6.07) is 6.99. The number of carbonyl (C=O) groups is 1. The van der Waals surface area contributed by atoms with Crippen molar-refractivity contribution in [3.8, 4) is 5.75 Å². The standard InChI is InChI=1S/C12H17NO3/c1-12(2,13)8-16-10-5-3-9(4-6-10)7-11(14)15/h3-6H,7-8,13H2,1-2H3,(H,14,15). The average molecular weight is 223 g/mol. The highest BCUT2D eigenvalue weighted by molar-refractivity contribution is 5.70. The van der Waals surface area contributed by atoms with Crippen molar-refractivity contribution < 1.29 is 14.6 Å². The molecule has 0 atom stereocenters. The molecule has 1 aromatic rings. The van der Waals surface area contributed by atoms with Gasteiger partial charge in [0.15, 0.2) is 0 Å². The SMILES string of the molecule is CC(C)(N)COc1ccc(CC(=O)O)cc1. The van der Waals surface area contributed by atoms with Gasteiger partial charge in [-0.3, -0.25) is 4.79 Å². The molecule has 1 rings (SSSR count). The van der Waals surface area contributed by atoms with Gasteiger partial charge in [-0.1, -0.05) is 12.1 Å². The molecule has 88 valence electrons. The summed E-state index contributed by atoms with van der Waals surface area (Å²) in [5.41, 5.74) is 6.16. The minimum atomic E-state index is -0.836. The van der Waals surface area contributed by atoms with Crippen molar-refractivity contribution in [2.24, 2.45) is 5.73 Å². The first-order valence-electron chi connectivity index (χ1n) is 5.09. The Labute approximate surface area is 95.0 Å². The van der Waals surface area contributed by atoms with E-state index in [2.05, 4.69) is 0 Å². The molecule has 0 aromatic heterocycles. The van der Waals surface area contributed by atoms with Gasteiger partial charge >= 0.3 is 5.97 Å². The van der Waals surface area contributed by atoms with Gasteiger partial charge in [-0.05, 0) is 31.5 Å². The highest BCUT2D eigenvalue weighted by Crippen LogP contribution is 2.14. The normalized spacial score (nSPS) is 11.2. The lowest BCUT2D eigenvalue weighted by molar-refractivity contribution is -0.136. The summed E-state index contributed by atoms with van der Waals surface area (Å²) >= 11 is 0. The Morgan fingerprint density at radius 2 is 1.94 bits per heavy atom. The third-order valence-electron chi connectivity index (χ3n) is 1.89. The lowest BCUT2D eigenvalue weighted by Gasteiger charge is -2.18. The van der Waals surface area contributed by atoms with Gasteiger partial charge in [-0.15, -0.1) is 0 Å². The van der Waals surface area contributed by atoms with Crippen molar-refractivity contribution in [1.82, 2.24) is 0 Å². The number of nitrogens with two attached hydrogens (primary N) is 1. The third-order valence-corrected chi connectivity index (χ3v) is 1.89. The number of hydrogen-bond acceptors (Lipinski definition) is 3. The molecule has 0 saturated carbocycles. The van der Waals surface area contributed by atoms with Crippen molar-refractivity contribution in [2.75, 3.05) is 6.61 Å². The molecule has 1 aromatic carbocycles. The minimum absolute atomic E-state index is 0.0304. The Morgan fingerprint density at radius 3 is 2.38 bits per heavy atom.